The van der Waals surface area contributed by atoms with Crippen molar-refractivity contribution in [1.82, 2.24) is 4.90 Å². The molecule has 1 heterocycles. The van der Waals surface area contributed by atoms with Crippen molar-refractivity contribution < 1.29 is 24.5 Å². The zero-order valence-corrected chi connectivity index (χ0v) is 14.0. The molecule has 3 saturated carbocycles. The molecule has 3 N–H and O–H groups in total. The molecule has 6 heteroatoms. The highest BCUT2D eigenvalue weighted by Crippen LogP contribution is 2.64. The number of carbonyl (C=O) groups is 1. The maximum Gasteiger partial charge on any atom is 0.163 e. The molecule has 25 heavy (non-hydrogen) atoms. The second-order valence-corrected chi connectivity index (χ2v) is 8.27. The van der Waals surface area contributed by atoms with Crippen molar-refractivity contribution in [3.8, 4) is 5.75 Å². The second kappa shape index (κ2) is 5.02. The molecule has 134 valence electrons. The number of carbonyl (C=O) groups excluding carboxylic acids is 1. The van der Waals surface area contributed by atoms with Gasteiger partial charge in [0.1, 0.15) is 11.6 Å². The van der Waals surface area contributed by atoms with E-state index in [0.717, 1.165) is 18.9 Å². The number of aromatic hydroxyl groups is 1. The van der Waals surface area contributed by atoms with E-state index in [9.17, 15) is 24.5 Å². The topological polar surface area (TPSA) is 81.0 Å². The molecule has 1 saturated heterocycles. The van der Waals surface area contributed by atoms with E-state index in [4.69, 9.17) is 0 Å². The number of piperidine rings is 1. The van der Waals surface area contributed by atoms with Crippen molar-refractivity contribution in [3.63, 3.8) is 0 Å². The summed E-state index contributed by atoms with van der Waals surface area (Å²) in [6.45, 7) is 1.53. The standard InChI is InChI=1S/C19H22FNO4/c1-7(22)10-3-9(20)2-8(17(10)23)6-21-14-5-11-12-4-13(15(11)19(14)25)16(21)18(12)24/h2-3,11-16,18-19,23-25H,4-6H2,1H3/t11-,12-,13+,14+,15+,16-,18-,19-/m1/s1. The first-order chi connectivity index (χ1) is 11.9. The molecular formula is C19H22FNO4. The molecule has 0 radical (unpaired) electrons. The fourth-order valence-electron chi connectivity index (χ4n) is 6.49. The Labute approximate surface area is 145 Å². The molecule has 1 aromatic carbocycles. The van der Waals surface area contributed by atoms with Gasteiger partial charge in [0.2, 0.25) is 0 Å². The van der Waals surface area contributed by atoms with Gasteiger partial charge in [-0.25, -0.2) is 4.39 Å². The van der Waals surface area contributed by atoms with E-state index in [1.165, 1.54) is 13.0 Å². The fourth-order valence-corrected chi connectivity index (χ4v) is 6.49. The molecule has 5 rings (SSSR count). The summed E-state index contributed by atoms with van der Waals surface area (Å²) in [5, 5.41) is 31.9. The normalized spacial score (nSPS) is 44.0. The Bertz CT molecular complexity index is 768. The lowest BCUT2D eigenvalue weighted by Gasteiger charge is -2.48. The van der Waals surface area contributed by atoms with Gasteiger partial charge in [0.05, 0.1) is 17.8 Å². The van der Waals surface area contributed by atoms with Gasteiger partial charge in [-0.15, -0.1) is 0 Å². The van der Waals surface area contributed by atoms with Crippen LogP contribution in [0.1, 0.15) is 35.7 Å². The van der Waals surface area contributed by atoms with E-state index in [1.807, 2.05) is 0 Å². The van der Waals surface area contributed by atoms with Crippen molar-refractivity contribution in [2.45, 2.75) is 50.6 Å². The van der Waals surface area contributed by atoms with Crippen molar-refractivity contribution in [3.05, 3.63) is 29.1 Å². The summed E-state index contributed by atoms with van der Waals surface area (Å²) in [5.74, 6) is 0.0129. The minimum atomic E-state index is -0.561. The number of aliphatic hydroxyl groups excluding tert-OH is 2. The summed E-state index contributed by atoms with van der Waals surface area (Å²) < 4.78 is 14.0. The van der Waals surface area contributed by atoms with Crippen molar-refractivity contribution in [1.29, 1.82) is 0 Å². The number of phenols is 1. The Balaban J connectivity index is 1.54. The SMILES string of the molecule is CC(=O)c1cc(F)cc(CN2[C@H]3[C@H](O)[C@@H]4C[C@H]3[C@H]3[C@H](O)[C@@H]2C[C@H]43)c1O. The van der Waals surface area contributed by atoms with Crippen LogP contribution in [0, 0.1) is 29.5 Å². The number of Topliss-reactive ketones (excluding diaryl/α,β-unsaturated/α-hetero) is 1. The minimum Gasteiger partial charge on any atom is -0.507 e. The largest absolute Gasteiger partial charge is 0.507 e. The quantitative estimate of drug-likeness (QED) is 0.718. The Morgan fingerprint density at radius 3 is 2.68 bits per heavy atom. The first-order valence-electron chi connectivity index (χ1n) is 9.02. The molecule has 1 aliphatic heterocycles. The molecule has 0 spiro atoms. The molecule has 0 unspecified atom stereocenters. The zero-order valence-electron chi connectivity index (χ0n) is 14.0. The third-order valence-electron chi connectivity index (χ3n) is 7.31. The smallest absolute Gasteiger partial charge is 0.163 e. The third kappa shape index (κ3) is 1.90. The van der Waals surface area contributed by atoms with Gasteiger partial charge in [-0.3, -0.25) is 9.69 Å². The number of halogens is 1. The number of nitrogens with zero attached hydrogens (tertiary/aromatic N) is 1. The molecule has 0 aromatic heterocycles. The molecule has 3 aliphatic carbocycles. The van der Waals surface area contributed by atoms with Gasteiger partial charge in [-0.2, -0.15) is 0 Å². The van der Waals surface area contributed by atoms with Crippen LogP contribution in [0.4, 0.5) is 4.39 Å². The molecule has 4 bridgehead atoms. The summed E-state index contributed by atoms with van der Waals surface area (Å²) in [6.07, 6.45) is 0.935. The van der Waals surface area contributed by atoms with Crippen molar-refractivity contribution in [2.75, 3.05) is 0 Å². The first-order valence-corrected chi connectivity index (χ1v) is 9.02. The van der Waals surface area contributed by atoms with Gasteiger partial charge >= 0.3 is 0 Å². The summed E-state index contributed by atoms with van der Waals surface area (Å²) in [5.41, 5.74) is 0.321. The van der Waals surface area contributed by atoms with Crippen LogP contribution in [0.3, 0.4) is 0 Å². The zero-order chi connectivity index (χ0) is 17.6. The average Bonchev–Trinajstić information content (AvgIpc) is 3.12. The van der Waals surface area contributed by atoms with Gasteiger partial charge in [0.15, 0.2) is 5.78 Å². The molecule has 4 fully saturated rings. The number of fused-ring (bicyclic) bond motifs is 3. The van der Waals surface area contributed by atoms with Crippen LogP contribution in [0.2, 0.25) is 0 Å². The minimum absolute atomic E-state index is 0.0222. The summed E-state index contributed by atoms with van der Waals surface area (Å²) >= 11 is 0. The maximum atomic E-state index is 14.0. The highest BCUT2D eigenvalue weighted by Gasteiger charge is 2.69. The number of aliphatic hydroxyl groups is 2. The van der Waals surface area contributed by atoms with Gasteiger partial charge < -0.3 is 15.3 Å². The van der Waals surface area contributed by atoms with Crippen LogP contribution in [-0.4, -0.2) is 50.3 Å². The van der Waals surface area contributed by atoms with E-state index in [2.05, 4.69) is 4.90 Å². The van der Waals surface area contributed by atoms with Crippen LogP contribution in [0.5, 0.6) is 5.75 Å². The van der Waals surface area contributed by atoms with Crippen LogP contribution in [0.15, 0.2) is 12.1 Å². The van der Waals surface area contributed by atoms with Crippen LogP contribution >= 0.6 is 0 Å². The summed E-state index contributed by atoms with van der Waals surface area (Å²) in [6, 6.07) is 2.18. The van der Waals surface area contributed by atoms with Gasteiger partial charge in [0.25, 0.3) is 0 Å². The Morgan fingerprint density at radius 1 is 1.20 bits per heavy atom. The Kier molecular flexibility index (Phi) is 3.16. The number of hydrogen-bond donors (Lipinski definition) is 3. The van der Waals surface area contributed by atoms with E-state index in [-0.39, 0.29) is 53.5 Å². The lowest BCUT2D eigenvalue weighted by Crippen LogP contribution is -2.60. The molecule has 5 nitrogen and oxygen atoms in total. The Morgan fingerprint density at radius 2 is 1.96 bits per heavy atom. The van der Waals surface area contributed by atoms with Crippen molar-refractivity contribution in [2.24, 2.45) is 23.7 Å². The predicted molar refractivity (Wildman–Crippen MR) is 86.4 cm³/mol. The second-order valence-electron chi connectivity index (χ2n) is 8.27. The molecule has 1 aromatic rings. The maximum absolute atomic E-state index is 14.0. The average molecular weight is 347 g/mol. The lowest BCUT2D eigenvalue weighted by molar-refractivity contribution is -0.102. The first kappa shape index (κ1) is 15.7. The number of rotatable bonds is 3. The van der Waals surface area contributed by atoms with E-state index < -0.39 is 18.0 Å². The number of phenolic OH excluding ortho intramolecular Hbond substituents is 1. The van der Waals surface area contributed by atoms with Crippen LogP contribution in [-0.2, 0) is 6.54 Å². The highest BCUT2D eigenvalue weighted by molar-refractivity contribution is 5.97. The molecule has 0 amide bonds. The van der Waals surface area contributed by atoms with Crippen LogP contribution in [0.25, 0.3) is 0 Å². The fraction of sp³-hybridized carbons (Fsp3) is 0.632. The van der Waals surface area contributed by atoms with E-state index in [1.54, 1.807) is 0 Å². The lowest BCUT2D eigenvalue weighted by atomic mass is 9.75. The monoisotopic (exact) mass is 347 g/mol. The summed E-state index contributed by atoms with van der Waals surface area (Å²) in [7, 11) is 0. The summed E-state index contributed by atoms with van der Waals surface area (Å²) in [4.78, 5) is 13.7. The number of hydrogen-bond acceptors (Lipinski definition) is 5. The van der Waals surface area contributed by atoms with Gasteiger partial charge in [0, 0.05) is 24.2 Å². The van der Waals surface area contributed by atoms with Gasteiger partial charge in [-0.1, -0.05) is 0 Å². The highest BCUT2D eigenvalue weighted by atomic mass is 19.1. The van der Waals surface area contributed by atoms with Crippen molar-refractivity contribution >= 4 is 5.78 Å². The third-order valence-corrected chi connectivity index (χ3v) is 7.31. The Hall–Kier alpha value is -1.50. The molecular weight excluding hydrogens is 325 g/mol. The predicted octanol–water partition coefficient (Wildman–Crippen LogP) is 1.29. The van der Waals surface area contributed by atoms with E-state index >= 15 is 0 Å². The van der Waals surface area contributed by atoms with E-state index in [0.29, 0.717) is 11.5 Å². The van der Waals surface area contributed by atoms with Gasteiger partial charge in [-0.05, 0) is 55.6 Å². The molecule has 8 atom stereocenters. The number of likely N-dealkylation sites (tertiary alicyclic amines) is 1. The molecule has 4 aliphatic rings. The van der Waals surface area contributed by atoms with Crippen LogP contribution < -0.4 is 0 Å². The number of benzene rings is 1. The number of ketones is 1.